The Bertz CT molecular complexity index is 635. The average molecular weight is 268 g/mol. The highest BCUT2D eigenvalue weighted by atomic mass is 16.2. The fourth-order valence-corrected chi connectivity index (χ4v) is 2.19. The van der Waals surface area contributed by atoms with Crippen LogP contribution in [0.25, 0.3) is 0 Å². The quantitative estimate of drug-likeness (QED) is 0.930. The van der Waals surface area contributed by atoms with Crippen LogP contribution in [-0.2, 0) is 6.54 Å². The second kappa shape index (κ2) is 5.88. The molecule has 0 saturated heterocycles. The van der Waals surface area contributed by atoms with Gasteiger partial charge in [-0.25, -0.2) is 0 Å². The van der Waals surface area contributed by atoms with E-state index in [4.69, 9.17) is 5.73 Å². The lowest BCUT2D eigenvalue weighted by atomic mass is 10.0. The van der Waals surface area contributed by atoms with Crippen LogP contribution in [0.2, 0.25) is 0 Å². The molecular formula is C17H20N2O. The van der Waals surface area contributed by atoms with Crippen molar-refractivity contribution in [2.45, 2.75) is 20.4 Å². The maximum absolute atomic E-state index is 12.6. The summed E-state index contributed by atoms with van der Waals surface area (Å²) in [5.41, 5.74) is 10.6. The highest BCUT2D eigenvalue weighted by molar-refractivity contribution is 6.06. The Labute approximate surface area is 120 Å². The van der Waals surface area contributed by atoms with E-state index >= 15 is 0 Å². The summed E-state index contributed by atoms with van der Waals surface area (Å²) in [6.07, 6.45) is 0. The number of amides is 1. The standard InChI is InChI=1S/C17H20N2O/c1-12-8-9-14(10-13(12)2)17(20)19(3)16-7-5-4-6-15(16)11-18/h4-10H,11,18H2,1-3H3. The maximum Gasteiger partial charge on any atom is 0.258 e. The first-order chi connectivity index (χ1) is 9.54. The minimum absolute atomic E-state index is 0.0194. The number of benzene rings is 2. The van der Waals surface area contributed by atoms with Crippen molar-refractivity contribution in [1.82, 2.24) is 0 Å². The largest absolute Gasteiger partial charge is 0.326 e. The Hall–Kier alpha value is -2.13. The van der Waals surface area contributed by atoms with Crippen LogP contribution in [0.15, 0.2) is 42.5 Å². The summed E-state index contributed by atoms with van der Waals surface area (Å²) in [7, 11) is 1.78. The third-order valence-corrected chi connectivity index (χ3v) is 3.63. The summed E-state index contributed by atoms with van der Waals surface area (Å²) in [6.45, 7) is 4.47. The number of nitrogens with zero attached hydrogens (tertiary/aromatic N) is 1. The molecule has 0 aliphatic heterocycles. The normalized spacial score (nSPS) is 10.4. The molecule has 0 heterocycles. The highest BCUT2D eigenvalue weighted by Gasteiger charge is 2.16. The molecule has 1 amide bonds. The van der Waals surface area contributed by atoms with Gasteiger partial charge in [-0.15, -0.1) is 0 Å². The third-order valence-electron chi connectivity index (χ3n) is 3.63. The van der Waals surface area contributed by atoms with Crippen LogP contribution >= 0.6 is 0 Å². The van der Waals surface area contributed by atoms with Crippen molar-refractivity contribution in [1.29, 1.82) is 0 Å². The SMILES string of the molecule is Cc1ccc(C(=O)N(C)c2ccccc2CN)cc1C. The van der Waals surface area contributed by atoms with E-state index in [2.05, 4.69) is 0 Å². The summed E-state index contributed by atoms with van der Waals surface area (Å²) < 4.78 is 0. The number of hydrogen-bond donors (Lipinski definition) is 1. The molecule has 104 valence electrons. The topological polar surface area (TPSA) is 46.3 Å². The number of carbonyl (C=O) groups excluding carboxylic acids is 1. The summed E-state index contributed by atoms with van der Waals surface area (Å²) in [4.78, 5) is 14.2. The average Bonchev–Trinajstić information content (AvgIpc) is 2.48. The molecule has 20 heavy (non-hydrogen) atoms. The molecule has 0 bridgehead atoms. The van der Waals surface area contributed by atoms with E-state index in [0.717, 1.165) is 16.8 Å². The Morgan fingerprint density at radius 3 is 2.45 bits per heavy atom. The van der Waals surface area contributed by atoms with Gasteiger partial charge in [-0.05, 0) is 48.7 Å². The van der Waals surface area contributed by atoms with E-state index < -0.39 is 0 Å². The van der Waals surface area contributed by atoms with Crippen molar-refractivity contribution in [3.05, 3.63) is 64.7 Å². The summed E-state index contributed by atoms with van der Waals surface area (Å²) >= 11 is 0. The molecule has 0 aliphatic carbocycles. The van der Waals surface area contributed by atoms with Gasteiger partial charge in [-0.2, -0.15) is 0 Å². The van der Waals surface area contributed by atoms with E-state index in [1.54, 1.807) is 11.9 Å². The summed E-state index contributed by atoms with van der Waals surface area (Å²) in [5, 5.41) is 0. The number of rotatable bonds is 3. The predicted molar refractivity (Wildman–Crippen MR) is 83.0 cm³/mol. The molecule has 2 rings (SSSR count). The second-order valence-electron chi connectivity index (χ2n) is 5.00. The van der Waals surface area contributed by atoms with Gasteiger partial charge in [0, 0.05) is 24.8 Å². The second-order valence-corrected chi connectivity index (χ2v) is 5.00. The van der Waals surface area contributed by atoms with Crippen molar-refractivity contribution in [3.8, 4) is 0 Å². The lowest BCUT2D eigenvalue weighted by Gasteiger charge is -2.20. The van der Waals surface area contributed by atoms with Crippen molar-refractivity contribution in [2.75, 3.05) is 11.9 Å². The van der Waals surface area contributed by atoms with Gasteiger partial charge >= 0.3 is 0 Å². The first-order valence-electron chi connectivity index (χ1n) is 6.68. The number of carbonyl (C=O) groups is 1. The Morgan fingerprint density at radius 1 is 1.10 bits per heavy atom. The molecule has 0 fully saturated rings. The van der Waals surface area contributed by atoms with Gasteiger partial charge in [0.25, 0.3) is 5.91 Å². The minimum atomic E-state index is -0.0194. The molecule has 3 heteroatoms. The van der Waals surface area contributed by atoms with Crippen molar-refractivity contribution in [3.63, 3.8) is 0 Å². The van der Waals surface area contributed by atoms with E-state index in [1.165, 1.54) is 5.56 Å². The summed E-state index contributed by atoms with van der Waals surface area (Å²) in [6, 6.07) is 13.5. The zero-order valence-corrected chi connectivity index (χ0v) is 12.2. The van der Waals surface area contributed by atoms with Crippen LogP contribution in [0.3, 0.4) is 0 Å². The molecule has 0 saturated carbocycles. The molecule has 3 nitrogen and oxygen atoms in total. The maximum atomic E-state index is 12.6. The smallest absolute Gasteiger partial charge is 0.258 e. The minimum Gasteiger partial charge on any atom is -0.326 e. The van der Waals surface area contributed by atoms with E-state index in [1.807, 2.05) is 56.3 Å². The van der Waals surface area contributed by atoms with Gasteiger partial charge in [0.1, 0.15) is 0 Å². The molecule has 0 aromatic heterocycles. The Morgan fingerprint density at radius 2 is 1.80 bits per heavy atom. The van der Waals surface area contributed by atoms with Crippen molar-refractivity contribution in [2.24, 2.45) is 5.73 Å². The molecule has 0 aliphatic rings. The van der Waals surface area contributed by atoms with Crippen LogP contribution in [0, 0.1) is 13.8 Å². The molecule has 0 unspecified atom stereocenters. The molecule has 0 radical (unpaired) electrons. The molecule has 2 N–H and O–H groups in total. The van der Waals surface area contributed by atoms with Gasteiger partial charge in [-0.3, -0.25) is 4.79 Å². The lowest BCUT2D eigenvalue weighted by Crippen LogP contribution is -2.27. The highest BCUT2D eigenvalue weighted by Crippen LogP contribution is 2.21. The van der Waals surface area contributed by atoms with Gasteiger partial charge in [0.2, 0.25) is 0 Å². The van der Waals surface area contributed by atoms with E-state index in [9.17, 15) is 4.79 Å². The van der Waals surface area contributed by atoms with Gasteiger partial charge in [0.15, 0.2) is 0 Å². The fraction of sp³-hybridized carbons (Fsp3) is 0.235. The molecule has 2 aromatic rings. The van der Waals surface area contributed by atoms with Gasteiger partial charge < -0.3 is 10.6 Å². The van der Waals surface area contributed by atoms with Crippen LogP contribution < -0.4 is 10.6 Å². The van der Waals surface area contributed by atoms with E-state index in [-0.39, 0.29) is 5.91 Å². The number of anilines is 1. The van der Waals surface area contributed by atoms with Crippen LogP contribution in [0.1, 0.15) is 27.0 Å². The first-order valence-corrected chi connectivity index (χ1v) is 6.68. The summed E-state index contributed by atoms with van der Waals surface area (Å²) in [5.74, 6) is -0.0194. The van der Waals surface area contributed by atoms with Crippen LogP contribution in [0.4, 0.5) is 5.69 Å². The Balaban J connectivity index is 2.34. The Kier molecular flexibility index (Phi) is 4.20. The number of aryl methyl sites for hydroxylation is 2. The monoisotopic (exact) mass is 268 g/mol. The van der Waals surface area contributed by atoms with Gasteiger partial charge in [0.05, 0.1) is 0 Å². The third kappa shape index (κ3) is 2.73. The van der Waals surface area contributed by atoms with Crippen LogP contribution in [0.5, 0.6) is 0 Å². The molecule has 2 aromatic carbocycles. The molecule has 0 spiro atoms. The number of para-hydroxylation sites is 1. The van der Waals surface area contributed by atoms with Crippen molar-refractivity contribution >= 4 is 11.6 Å². The number of hydrogen-bond acceptors (Lipinski definition) is 2. The molecule has 0 atom stereocenters. The fourth-order valence-electron chi connectivity index (χ4n) is 2.19. The predicted octanol–water partition coefficient (Wildman–Crippen LogP) is 3.04. The zero-order valence-electron chi connectivity index (χ0n) is 12.2. The number of nitrogens with two attached hydrogens (primary N) is 1. The van der Waals surface area contributed by atoms with Crippen LogP contribution in [-0.4, -0.2) is 13.0 Å². The zero-order chi connectivity index (χ0) is 14.7. The first kappa shape index (κ1) is 14.3. The van der Waals surface area contributed by atoms with Gasteiger partial charge in [-0.1, -0.05) is 24.3 Å². The lowest BCUT2D eigenvalue weighted by molar-refractivity contribution is 0.0992. The van der Waals surface area contributed by atoms with Crippen molar-refractivity contribution < 1.29 is 4.79 Å². The van der Waals surface area contributed by atoms with E-state index in [0.29, 0.717) is 12.1 Å². The molecular weight excluding hydrogens is 248 g/mol.